The van der Waals surface area contributed by atoms with Gasteiger partial charge in [0.1, 0.15) is 11.9 Å². The molecule has 6 nitrogen and oxygen atoms in total. The van der Waals surface area contributed by atoms with Gasteiger partial charge in [-0.25, -0.2) is 4.98 Å². The van der Waals surface area contributed by atoms with Crippen LogP contribution in [-0.4, -0.2) is 45.3 Å². The first-order valence-corrected chi connectivity index (χ1v) is 11.2. The minimum Gasteiger partial charge on any atom is -0.457 e. The van der Waals surface area contributed by atoms with E-state index >= 15 is 0 Å². The van der Waals surface area contributed by atoms with E-state index in [0.717, 1.165) is 16.3 Å². The Morgan fingerprint density at radius 1 is 1.50 bits per heavy atom. The number of aliphatic hydroxyl groups excluding tert-OH is 2. The predicted octanol–water partition coefficient (Wildman–Crippen LogP) is 3.71. The number of aryl methyl sites for hydroxylation is 1. The molecule has 1 unspecified atom stereocenters. The second kappa shape index (κ2) is 9.98. The van der Waals surface area contributed by atoms with Gasteiger partial charge >= 0.3 is 5.97 Å². The fourth-order valence-corrected chi connectivity index (χ4v) is 4.61. The minimum atomic E-state index is -1.14. The van der Waals surface area contributed by atoms with E-state index in [4.69, 9.17) is 4.74 Å². The van der Waals surface area contributed by atoms with E-state index in [0.29, 0.717) is 6.42 Å². The summed E-state index contributed by atoms with van der Waals surface area (Å²) >= 11 is 1.54. The third-order valence-electron chi connectivity index (χ3n) is 5.75. The Kier molecular flexibility index (Phi) is 8.13. The van der Waals surface area contributed by atoms with Crippen molar-refractivity contribution in [2.45, 2.75) is 72.2 Å². The third-order valence-corrected chi connectivity index (χ3v) is 6.54. The smallest absolute Gasteiger partial charge is 0.312 e. The van der Waals surface area contributed by atoms with Gasteiger partial charge < -0.3 is 14.9 Å². The number of aliphatic hydroxyl groups is 2. The largest absolute Gasteiger partial charge is 0.457 e. The quantitative estimate of drug-likeness (QED) is 0.477. The minimum absolute atomic E-state index is 0.127. The van der Waals surface area contributed by atoms with Crippen LogP contribution in [0.3, 0.4) is 0 Å². The third kappa shape index (κ3) is 5.65. The van der Waals surface area contributed by atoms with Gasteiger partial charge in [0.05, 0.1) is 34.2 Å². The van der Waals surface area contributed by atoms with Crippen LogP contribution in [0.25, 0.3) is 6.08 Å². The van der Waals surface area contributed by atoms with Crippen molar-refractivity contribution in [1.82, 2.24) is 4.98 Å². The Morgan fingerprint density at radius 2 is 2.17 bits per heavy atom. The monoisotopic (exact) mass is 435 g/mol. The van der Waals surface area contributed by atoms with Crippen molar-refractivity contribution < 1.29 is 24.5 Å². The lowest BCUT2D eigenvalue weighted by molar-refractivity contribution is -0.169. The highest BCUT2D eigenvalue weighted by Gasteiger charge is 2.51. The van der Waals surface area contributed by atoms with Gasteiger partial charge in [0.25, 0.3) is 0 Å². The number of ether oxygens (including phenoxy) is 1. The molecule has 1 aliphatic carbocycles. The average molecular weight is 436 g/mol. The van der Waals surface area contributed by atoms with Crippen LogP contribution in [0, 0.1) is 24.2 Å². The van der Waals surface area contributed by atoms with Crippen LogP contribution in [0.15, 0.2) is 23.6 Å². The molecular formula is C23H33NO5S. The van der Waals surface area contributed by atoms with Gasteiger partial charge in [-0.15, -0.1) is 17.9 Å². The zero-order chi connectivity index (χ0) is 22.6. The Labute approximate surface area is 182 Å². The summed E-state index contributed by atoms with van der Waals surface area (Å²) < 4.78 is 5.79. The predicted molar refractivity (Wildman–Crippen MR) is 118 cm³/mol. The van der Waals surface area contributed by atoms with E-state index in [-0.39, 0.29) is 18.6 Å². The number of hydrogen-bond donors (Lipinski definition) is 2. The highest BCUT2D eigenvalue weighted by molar-refractivity contribution is 7.09. The molecule has 2 N–H and O–H groups in total. The highest BCUT2D eigenvalue weighted by atomic mass is 32.1. The lowest BCUT2D eigenvalue weighted by atomic mass is 9.63. The molecule has 0 radical (unpaired) electrons. The molecule has 1 heterocycles. The van der Waals surface area contributed by atoms with Gasteiger partial charge in [0.2, 0.25) is 0 Å². The van der Waals surface area contributed by atoms with Crippen LogP contribution < -0.4 is 0 Å². The number of hydrogen-bond acceptors (Lipinski definition) is 7. The fraction of sp³-hybridized carbons (Fsp3) is 0.609. The summed E-state index contributed by atoms with van der Waals surface area (Å²) in [6.45, 7) is 12.5. The van der Waals surface area contributed by atoms with Crippen LogP contribution in [0.5, 0.6) is 0 Å². The van der Waals surface area contributed by atoms with E-state index in [1.54, 1.807) is 38.2 Å². The van der Waals surface area contributed by atoms with Crippen molar-refractivity contribution in [3.05, 3.63) is 34.3 Å². The number of thiazole rings is 1. The van der Waals surface area contributed by atoms with Crippen LogP contribution in [-0.2, 0) is 14.3 Å². The van der Waals surface area contributed by atoms with Crippen LogP contribution in [0.2, 0.25) is 0 Å². The summed E-state index contributed by atoms with van der Waals surface area (Å²) in [6.07, 6.45) is 2.09. The molecule has 2 rings (SSSR count). The summed E-state index contributed by atoms with van der Waals surface area (Å²) in [5.41, 5.74) is 0.551. The molecule has 0 bridgehead atoms. The number of carbonyl (C=O) groups excluding carboxylic acids is 2. The summed E-state index contributed by atoms with van der Waals surface area (Å²) in [6, 6.07) is 0. The topological polar surface area (TPSA) is 96.7 Å². The van der Waals surface area contributed by atoms with Gasteiger partial charge in [0, 0.05) is 17.7 Å². The van der Waals surface area contributed by atoms with E-state index < -0.39 is 41.5 Å². The lowest BCUT2D eigenvalue weighted by Gasteiger charge is -2.42. The SMILES string of the molecule is C=CCC(OC(=O)[C@H]1C[C@@H](C[C@H](C)O)C(=O)C(C)(C)[C@H]1O)/C(C)=C/c1csc(C)n1. The number of rotatable bonds is 8. The van der Waals surface area contributed by atoms with Gasteiger partial charge in [-0.1, -0.05) is 19.9 Å². The van der Waals surface area contributed by atoms with E-state index in [1.807, 2.05) is 25.3 Å². The van der Waals surface area contributed by atoms with E-state index in [2.05, 4.69) is 11.6 Å². The van der Waals surface area contributed by atoms with Crippen LogP contribution >= 0.6 is 11.3 Å². The summed E-state index contributed by atoms with van der Waals surface area (Å²) in [4.78, 5) is 30.2. The molecule has 0 saturated heterocycles. The number of nitrogens with zero attached hydrogens (tertiary/aromatic N) is 1. The van der Waals surface area contributed by atoms with Crippen molar-refractivity contribution in [2.24, 2.45) is 17.3 Å². The highest BCUT2D eigenvalue weighted by Crippen LogP contribution is 2.42. The molecule has 0 aliphatic heterocycles. The average Bonchev–Trinajstić information content (AvgIpc) is 3.06. The first kappa shape index (κ1) is 24.4. The summed E-state index contributed by atoms with van der Waals surface area (Å²) in [5, 5.41) is 23.4. The maximum atomic E-state index is 13.0. The van der Waals surface area contributed by atoms with E-state index in [9.17, 15) is 19.8 Å². The van der Waals surface area contributed by atoms with Crippen molar-refractivity contribution >= 4 is 29.2 Å². The number of esters is 1. The molecule has 166 valence electrons. The Hall–Kier alpha value is -1.83. The number of ketones is 1. The number of aromatic nitrogens is 1. The van der Waals surface area contributed by atoms with Crippen molar-refractivity contribution in [1.29, 1.82) is 0 Å². The van der Waals surface area contributed by atoms with E-state index in [1.165, 1.54) is 0 Å². The molecule has 0 aromatic carbocycles. The fourth-order valence-electron chi connectivity index (χ4n) is 4.04. The number of carbonyl (C=O) groups is 2. The maximum Gasteiger partial charge on any atom is 0.312 e. The molecule has 1 aromatic rings. The van der Waals surface area contributed by atoms with Gasteiger partial charge in [0.15, 0.2) is 0 Å². The normalized spacial score (nSPS) is 26.2. The van der Waals surface area contributed by atoms with Crippen molar-refractivity contribution in [3.63, 3.8) is 0 Å². The molecule has 1 aliphatic rings. The van der Waals surface area contributed by atoms with Crippen molar-refractivity contribution in [2.75, 3.05) is 0 Å². The second-order valence-electron chi connectivity index (χ2n) is 8.78. The van der Waals surface area contributed by atoms with Crippen molar-refractivity contribution in [3.8, 4) is 0 Å². The first-order valence-electron chi connectivity index (χ1n) is 10.3. The molecule has 1 saturated carbocycles. The maximum absolute atomic E-state index is 13.0. The molecule has 7 heteroatoms. The van der Waals surface area contributed by atoms with Gasteiger partial charge in [-0.2, -0.15) is 0 Å². The lowest BCUT2D eigenvalue weighted by Crippen LogP contribution is -2.53. The van der Waals surface area contributed by atoms with Crippen LogP contribution in [0.4, 0.5) is 0 Å². The molecule has 1 fully saturated rings. The molecule has 30 heavy (non-hydrogen) atoms. The Balaban J connectivity index is 2.21. The Bertz CT molecular complexity index is 810. The second-order valence-corrected chi connectivity index (χ2v) is 9.85. The number of Topliss-reactive ketones (excluding diaryl/α,β-unsaturated/α-hetero) is 1. The van der Waals surface area contributed by atoms with Gasteiger partial charge in [-0.3, -0.25) is 9.59 Å². The molecule has 1 aromatic heterocycles. The Morgan fingerprint density at radius 3 is 2.70 bits per heavy atom. The zero-order valence-electron chi connectivity index (χ0n) is 18.4. The molecular weight excluding hydrogens is 402 g/mol. The van der Waals surface area contributed by atoms with Crippen LogP contribution in [0.1, 0.15) is 57.7 Å². The zero-order valence-corrected chi connectivity index (χ0v) is 19.2. The molecule has 0 spiro atoms. The summed E-state index contributed by atoms with van der Waals surface area (Å²) in [5.74, 6) is -1.98. The molecule has 5 atom stereocenters. The first-order chi connectivity index (χ1) is 14.0. The molecule has 0 amide bonds. The van der Waals surface area contributed by atoms with Gasteiger partial charge in [-0.05, 0) is 45.3 Å². The standard InChI is InChI=1S/C23H33NO5S/c1-7-8-19(13(2)9-17-12-30-15(4)24-17)29-22(28)18-11-16(10-14(3)25)20(26)23(5,6)21(18)27/h7,9,12,14,16,18-19,21,25,27H,1,8,10-11H2,2-6H3/b13-9+/t14-,16+,18-,19?,21-/m0/s1. The summed E-state index contributed by atoms with van der Waals surface area (Å²) in [7, 11) is 0.